The molecule has 0 amide bonds. The summed E-state index contributed by atoms with van der Waals surface area (Å²) < 4.78 is 16.0. The van der Waals surface area contributed by atoms with Crippen LogP contribution in [0.1, 0.15) is 24.2 Å². The number of nitrogens with one attached hydrogen (secondary N) is 1. The first kappa shape index (κ1) is 14.2. The quantitative estimate of drug-likeness (QED) is 0.914. The van der Waals surface area contributed by atoms with Gasteiger partial charge in [-0.15, -0.1) is 0 Å². The maximum absolute atomic E-state index is 13.5. The number of aromatic nitrogens is 2. The molecule has 0 aliphatic carbocycles. The summed E-state index contributed by atoms with van der Waals surface area (Å²) in [5.74, 6) is -0.228. The molecule has 19 heavy (non-hydrogen) atoms. The minimum Gasteiger partial charge on any atom is -0.310 e. The van der Waals surface area contributed by atoms with Crippen LogP contribution in [0, 0.1) is 5.82 Å². The number of aryl methyl sites for hydroxylation is 1. The fourth-order valence-electron chi connectivity index (χ4n) is 2.11. The molecule has 2 aromatic rings. The normalized spacial score (nSPS) is 12.6. The van der Waals surface area contributed by atoms with E-state index in [-0.39, 0.29) is 11.9 Å². The Morgan fingerprint density at radius 3 is 2.79 bits per heavy atom. The predicted molar refractivity (Wildman–Crippen MR) is 77.4 cm³/mol. The van der Waals surface area contributed by atoms with E-state index in [4.69, 9.17) is 0 Å². The zero-order valence-corrected chi connectivity index (χ0v) is 12.6. The van der Waals surface area contributed by atoms with Crippen LogP contribution in [0.2, 0.25) is 0 Å². The summed E-state index contributed by atoms with van der Waals surface area (Å²) in [6.45, 7) is 2.87. The van der Waals surface area contributed by atoms with Crippen LogP contribution in [0.25, 0.3) is 0 Å². The number of hydrogen-bond donors (Lipinski definition) is 1. The third-order valence-electron chi connectivity index (χ3n) is 2.92. The Hall–Kier alpha value is -1.20. The molecule has 0 saturated heterocycles. The number of likely N-dealkylation sites (N-methyl/N-ethyl adjacent to an activating group) is 1. The SMILES string of the molecule is CCNC(Cc1ccn(C)n1)c1cc(F)cc(Br)c1. The molecule has 0 radical (unpaired) electrons. The first-order valence-corrected chi connectivity index (χ1v) is 7.05. The minimum atomic E-state index is -0.228. The van der Waals surface area contributed by atoms with Crippen molar-refractivity contribution in [2.45, 2.75) is 19.4 Å². The highest BCUT2D eigenvalue weighted by molar-refractivity contribution is 9.10. The largest absolute Gasteiger partial charge is 0.310 e. The summed E-state index contributed by atoms with van der Waals surface area (Å²) in [6, 6.07) is 7.03. The maximum Gasteiger partial charge on any atom is 0.124 e. The van der Waals surface area contributed by atoms with Gasteiger partial charge in [-0.1, -0.05) is 22.9 Å². The van der Waals surface area contributed by atoms with Gasteiger partial charge in [0.25, 0.3) is 0 Å². The van der Waals surface area contributed by atoms with E-state index in [9.17, 15) is 4.39 Å². The molecule has 0 bridgehead atoms. The Balaban J connectivity index is 2.23. The molecule has 1 heterocycles. The second-order valence-electron chi connectivity index (χ2n) is 4.50. The molecule has 3 nitrogen and oxygen atoms in total. The average Bonchev–Trinajstić information content (AvgIpc) is 2.73. The van der Waals surface area contributed by atoms with E-state index in [2.05, 4.69) is 26.3 Å². The number of nitrogens with zero attached hydrogens (tertiary/aromatic N) is 2. The molecule has 1 aromatic heterocycles. The number of halogens is 2. The summed E-state index contributed by atoms with van der Waals surface area (Å²) in [5.41, 5.74) is 1.92. The van der Waals surface area contributed by atoms with Gasteiger partial charge in [0.1, 0.15) is 5.82 Å². The number of rotatable bonds is 5. The van der Waals surface area contributed by atoms with Crippen molar-refractivity contribution < 1.29 is 4.39 Å². The second-order valence-corrected chi connectivity index (χ2v) is 5.41. The van der Waals surface area contributed by atoms with Crippen LogP contribution < -0.4 is 5.32 Å². The van der Waals surface area contributed by atoms with E-state index in [1.807, 2.05) is 32.3 Å². The van der Waals surface area contributed by atoms with Gasteiger partial charge in [0.2, 0.25) is 0 Å². The van der Waals surface area contributed by atoms with Crippen molar-refractivity contribution in [3.05, 3.63) is 52.0 Å². The summed E-state index contributed by atoms with van der Waals surface area (Å²) >= 11 is 3.33. The second kappa shape index (κ2) is 6.30. The highest BCUT2D eigenvalue weighted by Gasteiger charge is 2.14. The fourth-order valence-corrected chi connectivity index (χ4v) is 2.59. The van der Waals surface area contributed by atoms with Gasteiger partial charge in [0, 0.05) is 30.2 Å². The van der Waals surface area contributed by atoms with E-state index in [1.54, 1.807) is 10.7 Å². The van der Waals surface area contributed by atoms with Gasteiger partial charge in [0.05, 0.1) is 5.69 Å². The van der Waals surface area contributed by atoms with Crippen molar-refractivity contribution in [1.82, 2.24) is 15.1 Å². The van der Waals surface area contributed by atoms with Crippen molar-refractivity contribution in [1.29, 1.82) is 0 Å². The monoisotopic (exact) mass is 325 g/mol. The van der Waals surface area contributed by atoms with Crippen molar-refractivity contribution in [3.8, 4) is 0 Å². The Bertz CT molecular complexity index is 533. The molecule has 0 spiro atoms. The van der Waals surface area contributed by atoms with Gasteiger partial charge in [0.15, 0.2) is 0 Å². The van der Waals surface area contributed by atoms with Crippen LogP contribution in [-0.2, 0) is 13.5 Å². The van der Waals surface area contributed by atoms with E-state index in [0.717, 1.165) is 28.7 Å². The zero-order chi connectivity index (χ0) is 13.8. The average molecular weight is 326 g/mol. The number of hydrogen-bond acceptors (Lipinski definition) is 2. The van der Waals surface area contributed by atoms with Crippen LogP contribution >= 0.6 is 15.9 Å². The highest BCUT2D eigenvalue weighted by atomic mass is 79.9. The predicted octanol–water partition coefficient (Wildman–Crippen LogP) is 3.22. The summed E-state index contributed by atoms with van der Waals surface area (Å²) in [5, 5.41) is 7.75. The third-order valence-corrected chi connectivity index (χ3v) is 3.38. The minimum absolute atomic E-state index is 0.0619. The van der Waals surface area contributed by atoms with E-state index in [1.165, 1.54) is 6.07 Å². The highest BCUT2D eigenvalue weighted by Crippen LogP contribution is 2.23. The Morgan fingerprint density at radius 2 is 2.21 bits per heavy atom. The van der Waals surface area contributed by atoms with Gasteiger partial charge in [-0.05, 0) is 36.4 Å². The standard InChI is InChI=1S/C14H17BrFN3/c1-3-17-14(9-13-4-5-19(2)18-13)10-6-11(15)8-12(16)7-10/h4-8,14,17H,3,9H2,1-2H3. The molecular weight excluding hydrogens is 309 g/mol. The lowest BCUT2D eigenvalue weighted by atomic mass is 10.0. The molecule has 2 rings (SSSR count). The molecule has 1 unspecified atom stereocenters. The van der Waals surface area contributed by atoms with Gasteiger partial charge in [-0.25, -0.2) is 4.39 Å². The molecule has 0 aliphatic heterocycles. The summed E-state index contributed by atoms with van der Waals surface area (Å²) in [6.07, 6.45) is 2.66. The third kappa shape index (κ3) is 3.88. The Labute approximate surface area is 121 Å². The fraction of sp³-hybridized carbons (Fsp3) is 0.357. The summed E-state index contributed by atoms with van der Waals surface area (Å²) in [4.78, 5) is 0. The molecule has 1 atom stereocenters. The van der Waals surface area contributed by atoms with E-state index < -0.39 is 0 Å². The van der Waals surface area contributed by atoms with Crippen LogP contribution in [-0.4, -0.2) is 16.3 Å². The summed E-state index contributed by atoms with van der Waals surface area (Å²) in [7, 11) is 1.89. The molecule has 5 heteroatoms. The van der Waals surface area contributed by atoms with Crippen LogP contribution in [0.15, 0.2) is 34.9 Å². The Morgan fingerprint density at radius 1 is 1.42 bits per heavy atom. The lowest BCUT2D eigenvalue weighted by Gasteiger charge is -2.17. The maximum atomic E-state index is 13.5. The van der Waals surface area contributed by atoms with E-state index >= 15 is 0 Å². The zero-order valence-electron chi connectivity index (χ0n) is 11.0. The molecule has 102 valence electrons. The van der Waals surface area contributed by atoms with Crippen LogP contribution in [0.4, 0.5) is 4.39 Å². The molecule has 0 saturated carbocycles. The molecule has 1 N–H and O–H groups in total. The molecule has 1 aromatic carbocycles. The van der Waals surface area contributed by atoms with Crippen molar-refractivity contribution >= 4 is 15.9 Å². The lowest BCUT2D eigenvalue weighted by molar-refractivity contribution is 0.533. The van der Waals surface area contributed by atoms with Crippen LogP contribution in [0.3, 0.4) is 0 Å². The van der Waals surface area contributed by atoms with Crippen molar-refractivity contribution in [3.63, 3.8) is 0 Å². The number of benzene rings is 1. The molecular formula is C14H17BrFN3. The first-order chi connectivity index (χ1) is 9.08. The van der Waals surface area contributed by atoms with Crippen molar-refractivity contribution in [2.24, 2.45) is 7.05 Å². The van der Waals surface area contributed by atoms with Gasteiger partial charge < -0.3 is 5.32 Å². The molecule has 0 fully saturated rings. The smallest absolute Gasteiger partial charge is 0.124 e. The van der Waals surface area contributed by atoms with Gasteiger partial charge in [-0.2, -0.15) is 5.10 Å². The lowest BCUT2D eigenvalue weighted by Crippen LogP contribution is -2.23. The van der Waals surface area contributed by atoms with Crippen LogP contribution in [0.5, 0.6) is 0 Å². The van der Waals surface area contributed by atoms with Gasteiger partial charge in [-0.3, -0.25) is 4.68 Å². The molecule has 0 aliphatic rings. The van der Waals surface area contributed by atoms with Gasteiger partial charge >= 0.3 is 0 Å². The van der Waals surface area contributed by atoms with E-state index in [0.29, 0.717) is 0 Å². The van der Waals surface area contributed by atoms with Crippen molar-refractivity contribution in [2.75, 3.05) is 6.54 Å². The Kier molecular flexibility index (Phi) is 4.71. The first-order valence-electron chi connectivity index (χ1n) is 6.26. The topological polar surface area (TPSA) is 29.9 Å².